The molecule has 4 heteroatoms. The lowest BCUT2D eigenvalue weighted by Crippen LogP contribution is -1.82. The molecule has 4 nitrogen and oxygen atoms in total. The van der Waals surface area contributed by atoms with Gasteiger partial charge in [-0.25, -0.2) is 0 Å². The number of phenolic OH excluding ortho intramolecular Hbond substituents is 2. The Morgan fingerprint density at radius 3 is 1.27 bits per heavy atom. The van der Waals surface area contributed by atoms with Crippen molar-refractivity contribution in [3.05, 3.63) is 93.9 Å². The van der Waals surface area contributed by atoms with Crippen molar-refractivity contribution in [3.63, 3.8) is 0 Å². The van der Waals surface area contributed by atoms with Crippen LogP contribution in [0.25, 0.3) is 21.8 Å². The minimum absolute atomic E-state index is 0.145. The van der Waals surface area contributed by atoms with Crippen molar-refractivity contribution in [2.45, 2.75) is 0 Å². The van der Waals surface area contributed by atoms with Crippen molar-refractivity contribution in [1.29, 1.82) is 0 Å². The van der Waals surface area contributed by atoms with Crippen LogP contribution in [0.5, 0.6) is 11.5 Å². The van der Waals surface area contributed by atoms with Gasteiger partial charge in [-0.3, -0.25) is 9.69 Å². The van der Waals surface area contributed by atoms with Gasteiger partial charge in [-0.05, 0) is 35.4 Å². The summed E-state index contributed by atoms with van der Waals surface area (Å²) in [6, 6.07) is 12.8. The van der Waals surface area contributed by atoms with Crippen LogP contribution in [0.4, 0.5) is 0 Å². The Bertz CT molecular complexity index is 731. The molecule has 0 bridgehead atoms. The smallest absolute Gasteiger partial charge is 0.195 e. The molecular weight excluding hydrogens is 276 g/mol. The fraction of sp³-hybridized carbons (Fsp3) is 0. The van der Waals surface area contributed by atoms with Crippen LogP contribution in [0.15, 0.2) is 59.9 Å². The molecule has 0 aliphatic carbocycles. The van der Waals surface area contributed by atoms with Gasteiger partial charge in [0.05, 0.1) is 13.1 Å². The Balaban J connectivity index is 2.39. The van der Waals surface area contributed by atoms with Crippen molar-refractivity contribution in [1.82, 2.24) is 0 Å². The summed E-state index contributed by atoms with van der Waals surface area (Å²) in [4.78, 5) is 6.82. The Hall–Kier alpha value is -3.50. The zero-order valence-corrected chi connectivity index (χ0v) is 11.6. The molecule has 0 aliphatic heterocycles. The topological polar surface area (TPSA) is 49.2 Å². The molecule has 2 N–H and O–H groups in total. The summed E-state index contributed by atoms with van der Waals surface area (Å²) < 4.78 is 0. The molecule has 0 spiro atoms. The van der Waals surface area contributed by atoms with Crippen LogP contribution in [0, 0.1) is 13.1 Å². The van der Waals surface area contributed by atoms with Crippen molar-refractivity contribution in [2.75, 3.05) is 0 Å². The van der Waals surface area contributed by atoms with Gasteiger partial charge in [-0.15, -0.1) is 0 Å². The van der Waals surface area contributed by atoms with Crippen molar-refractivity contribution in [2.24, 2.45) is 0 Å². The monoisotopic (exact) mass is 288 g/mol. The van der Waals surface area contributed by atoms with E-state index >= 15 is 0 Å². The van der Waals surface area contributed by atoms with E-state index in [9.17, 15) is 10.2 Å². The Morgan fingerprint density at radius 1 is 0.682 bits per heavy atom. The molecule has 2 aromatic carbocycles. The van der Waals surface area contributed by atoms with E-state index in [0.29, 0.717) is 0 Å². The number of benzene rings is 2. The average molecular weight is 288 g/mol. The summed E-state index contributed by atoms with van der Waals surface area (Å²) in [5.41, 5.74) is 1.88. The number of rotatable bonds is 3. The lowest BCUT2D eigenvalue weighted by Gasteiger charge is -2.00. The predicted molar refractivity (Wildman–Crippen MR) is 85.4 cm³/mol. The first kappa shape index (κ1) is 14.9. The van der Waals surface area contributed by atoms with Crippen molar-refractivity contribution >= 4 is 12.2 Å². The van der Waals surface area contributed by atoms with Crippen LogP contribution >= 0.6 is 0 Å². The van der Waals surface area contributed by atoms with Gasteiger partial charge in [-0.1, -0.05) is 36.4 Å². The second-order valence-electron chi connectivity index (χ2n) is 4.47. The first-order chi connectivity index (χ1) is 10.6. The molecule has 2 aromatic rings. The molecule has 0 radical (unpaired) electrons. The second-order valence-corrected chi connectivity index (χ2v) is 4.47. The molecule has 0 heterocycles. The van der Waals surface area contributed by atoms with Gasteiger partial charge in [0.2, 0.25) is 0 Å². The minimum atomic E-state index is 0.145. The zero-order valence-electron chi connectivity index (χ0n) is 11.6. The van der Waals surface area contributed by atoms with E-state index in [1.54, 1.807) is 36.4 Å². The lowest BCUT2D eigenvalue weighted by atomic mass is 10.1. The maximum absolute atomic E-state index is 9.26. The molecule has 0 atom stereocenters. The molecule has 0 aliphatic rings. The fourth-order valence-electron chi connectivity index (χ4n) is 1.78. The van der Waals surface area contributed by atoms with Crippen LogP contribution in [0.3, 0.4) is 0 Å². The summed E-state index contributed by atoms with van der Waals surface area (Å²) in [6.45, 7) is 14.5. The SMILES string of the molecule is [C-]#[N+]C(=Cc1ccc(O)cc1)C(=Cc1ccc(O)cc1)[N+]#[C-]. The first-order valence-electron chi connectivity index (χ1n) is 6.39. The van der Waals surface area contributed by atoms with Crippen LogP contribution in [-0.4, -0.2) is 10.2 Å². The Kier molecular flexibility index (Phi) is 4.59. The lowest BCUT2D eigenvalue weighted by molar-refractivity contribution is 0.474. The maximum Gasteiger partial charge on any atom is 0.195 e. The number of aromatic hydroxyl groups is 2. The van der Waals surface area contributed by atoms with E-state index in [4.69, 9.17) is 13.1 Å². The zero-order chi connectivity index (χ0) is 15.9. The molecule has 0 saturated heterocycles. The van der Waals surface area contributed by atoms with E-state index in [1.165, 1.54) is 24.3 Å². The highest BCUT2D eigenvalue weighted by atomic mass is 16.3. The first-order valence-corrected chi connectivity index (χ1v) is 6.39. The van der Waals surface area contributed by atoms with Gasteiger partial charge < -0.3 is 10.2 Å². The average Bonchev–Trinajstić information content (AvgIpc) is 2.54. The highest BCUT2D eigenvalue weighted by molar-refractivity contribution is 5.69. The van der Waals surface area contributed by atoms with Crippen LogP contribution < -0.4 is 0 Å². The molecular formula is C18H12N2O2. The summed E-state index contributed by atoms with van der Waals surface area (Å²) in [7, 11) is 0. The molecule has 0 fully saturated rings. The number of hydrogen-bond donors (Lipinski definition) is 2. The van der Waals surface area contributed by atoms with Gasteiger partial charge in [0.15, 0.2) is 11.4 Å². The molecule has 106 valence electrons. The van der Waals surface area contributed by atoms with E-state index in [1.807, 2.05) is 0 Å². The van der Waals surface area contributed by atoms with E-state index in [-0.39, 0.29) is 22.9 Å². The third kappa shape index (κ3) is 3.75. The van der Waals surface area contributed by atoms with Gasteiger partial charge in [0.1, 0.15) is 11.5 Å². The normalized spacial score (nSPS) is 11.5. The van der Waals surface area contributed by atoms with Crippen molar-refractivity contribution in [3.8, 4) is 11.5 Å². The number of hydrogen-bond acceptors (Lipinski definition) is 2. The van der Waals surface area contributed by atoms with E-state index in [2.05, 4.69) is 9.69 Å². The van der Waals surface area contributed by atoms with Gasteiger partial charge in [-0.2, -0.15) is 0 Å². The third-order valence-corrected chi connectivity index (χ3v) is 2.90. The maximum atomic E-state index is 9.26. The summed E-state index contributed by atoms with van der Waals surface area (Å²) >= 11 is 0. The molecule has 0 saturated carbocycles. The van der Waals surface area contributed by atoms with E-state index < -0.39 is 0 Å². The molecule has 22 heavy (non-hydrogen) atoms. The summed E-state index contributed by atoms with van der Waals surface area (Å²) in [5.74, 6) is 0.290. The van der Waals surface area contributed by atoms with Crippen LogP contribution in [0.1, 0.15) is 11.1 Å². The number of phenols is 2. The standard InChI is InChI=1S/C18H12N2O2/c1-19-17(11-13-3-7-15(21)8-4-13)18(20-2)12-14-5-9-16(22)10-6-14/h3-12,21-22H. The van der Waals surface area contributed by atoms with Gasteiger partial charge in [0, 0.05) is 0 Å². The molecule has 0 unspecified atom stereocenters. The third-order valence-electron chi connectivity index (χ3n) is 2.90. The van der Waals surface area contributed by atoms with Crippen molar-refractivity contribution < 1.29 is 10.2 Å². The molecule has 0 aromatic heterocycles. The number of nitrogens with zero attached hydrogens (tertiary/aromatic N) is 2. The van der Waals surface area contributed by atoms with Crippen LogP contribution in [0.2, 0.25) is 0 Å². The summed E-state index contributed by atoms with van der Waals surface area (Å²) in [5, 5.41) is 18.5. The Labute approximate surface area is 128 Å². The molecule has 2 rings (SSSR count). The fourth-order valence-corrected chi connectivity index (χ4v) is 1.78. The summed E-state index contributed by atoms with van der Waals surface area (Å²) in [6.07, 6.45) is 3.19. The highest BCUT2D eigenvalue weighted by Gasteiger charge is 2.06. The van der Waals surface area contributed by atoms with Crippen LogP contribution in [-0.2, 0) is 0 Å². The quantitative estimate of drug-likeness (QED) is 0.653. The van der Waals surface area contributed by atoms with Gasteiger partial charge in [0.25, 0.3) is 0 Å². The predicted octanol–water partition coefficient (Wildman–Crippen LogP) is 4.32. The van der Waals surface area contributed by atoms with E-state index in [0.717, 1.165) is 11.1 Å². The largest absolute Gasteiger partial charge is 0.508 e. The second kappa shape index (κ2) is 6.78. The minimum Gasteiger partial charge on any atom is -0.508 e. The van der Waals surface area contributed by atoms with Gasteiger partial charge >= 0.3 is 0 Å². The molecule has 0 amide bonds. The highest BCUT2D eigenvalue weighted by Crippen LogP contribution is 2.22. The Morgan fingerprint density at radius 2 is 1.00 bits per heavy atom.